The molecule has 0 saturated carbocycles. The molecule has 2 amide bonds. The predicted octanol–water partition coefficient (Wildman–Crippen LogP) is 4.28. The van der Waals surface area contributed by atoms with E-state index in [4.69, 9.17) is 0 Å². The number of halogens is 1. The number of carbonyl (C=O) groups is 1. The molecule has 0 aliphatic carbocycles. The Bertz CT molecular complexity index is 631. The molecule has 0 saturated heterocycles. The quantitative estimate of drug-likeness (QED) is 0.629. The Labute approximate surface area is 130 Å². The second-order valence-electron chi connectivity index (χ2n) is 4.23. The lowest BCUT2D eigenvalue weighted by Gasteiger charge is -2.10. The van der Waals surface area contributed by atoms with Crippen molar-refractivity contribution in [2.24, 2.45) is 5.10 Å². The number of hydrazone groups is 1. The second-order valence-corrected chi connectivity index (χ2v) is 6.73. The maximum Gasteiger partial charge on any atom is 0.339 e. The number of benzene rings is 1. The zero-order valence-electron chi connectivity index (χ0n) is 11.1. The minimum atomic E-state index is -0.353. The summed E-state index contributed by atoms with van der Waals surface area (Å²) in [6, 6.07) is 9.37. The molecule has 0 radical (unpaired) electrons. The lowest BCUT2D eigenvalue weighted by molar-refractivity contribution is 0.252. The summed E-state index contributed by atoms with van der Waals surface area (Å²) in [6.07, 6.45) is 1.61. The van der Waals surface area contributed by atoms with Crippen LogP contribution < -0.4 is 10.7 Å². The van der Waals surface area contributed by atoms with Crippen molar-refractivity contribution in [3.63, 3.8) is 0 Å². The molecule has 0 spiro atoms. The lowest BCUT2D eigenvalue weighted by Crippen LogP contribution is -2.25. The Morgan fingerprint density at radius 1 is 1.25 bits per heavy atom. The van der Waals surface area contributed by atoms with Crippen LogP contribution in [0.25, 0.3) is 0 Å². The summed E-state index contributed by atoms with van der Waals surface area (Å²) < 4.78 is 1.03. The number of thiophene rings is 1. The molecule has 1 heterocycles. The van der Waals surface area contributed by atoms with Gasteiger partial charge in [-0.15, -0.1) is 11.3 Å². The van der Waals surface area contributed by atoms with Crippen molar-refractivity contribution in [2.45, 2.75) is 13.8 Å². The van der Waals surface area contributed by atoms with E-state index in [0.29, 0.717) is 0 Å². The van der Waals surface area contributed by atoms with Gasteiger partial charge in [0, 0.05) is 10.6 Å². The fourth-order valence-electron chi connectivity index (χ4n) is 1.71. The molecule has 20 heavy (non-hydrogen) atoms. The highest BCUT2D eigenvalue weighted by Gasteiger charge is 2.05. The summed E-state index contributed by atoms with van der Waals surface area (Å²) in [5, 5.41) is 6.71. The van der Waals surface area contributed by atoms with E-state index in [9.17, 15) is 4.79 Å². The molecule has 2 aromatic rings. The summed E-state index contributed by atoms with van der Waals surface area (Å²) in [5.41, 5.74) is 5.31. The largest absolute Gasteiger partial charge is 0.339 e. The monoisotopic (exact) mass is 351 g/mol. The van der Waals surface area contributed by atoms with Crippen LogP contribution in [-0.4, -0.2) is 12.2 Å². The van der Waals surface area contributed by atoms with E-state index in [-0.39, 0.29) is 6.03 Å². The minimum Gasteiger partial charge on any atom is -0.306 e. The number of nitrogens with zero attached hydrogens (tertiary/aromatic N) is 1. The van der Waals surface area contributed by atoms with E-state index in [1.165, 1.54) is 0 Å². The number of hydrogen-bond acceptors (Lipinski definition) is 3. The zero-order chi connectivity index (χ0) is 14.5. The molecule has 104 valence electrons. The molecule has 6 heteroatoms. The van der Waals surface area contributed by atoms with Crippen LogP contribution in [-0.2, 0) is 0 Å². The lowest BCUT2D eigenvalue weighted by atomic mass is 10.1. The highest BCUT2D eigenvalue weighted by Crippen LogP contribution is 2.20. The summed E-state index contributed by atoms with van der Waals surface area (Å²) in [4.78, 5) is 12.7. The average molecular weight is 352 g/mol. The van der Waals surface area contributed by atoms with Gasteiger partial charge in [0.25, 0.3) is 0 Å². The molecule has 0 fully saturated rings. The Kier molecular flexibility index (Phi) is 4.92. The Balaban J connectivity index is 1.94. The number of nitrogens with one attached hydrogen (secondary N) is 2. The second kappa shape index (κ2) is 6.67. The molecule has 0 aliphatic rings. The smallest absolute Gasteiger partial charge is 0.306 e. The van der Waals surface area contributed by atoms with Crippen molar-refractivity contribution in [1.29, 1.82) is 0 Å². The predicted molar refractivity (Wildman–Crippen MR) is 87.7 cm³/mol. The van der Waals surface area contributed by atoms with Crippen LogP contribution in [0.15, 0.2) is 39.2 Å². The summed E-state index contributed by atoms with van der Waals surface area (Å²) in [7, 11) is 0. The number of aryl methyl sites for hydroxylation is 2. The molecule has 2 rings (SSSR count). The number of hydrogen-bond donors (Lipinski definition) is 2. The SMILES string of the molecule is Cc1cccc(C)c1NC(=O)N/N=C/c1ccc(Br)s1. The average Bonchev–Trinajstić information content (AvgIpc) is 2.80. The minimum absolute atomic E-state index is 0.353. The molecular formula is C14H14BrN3OS. The molecule has 1 aromatic heterocycles. The van der Waals surface area contributed by atoms with Crippen LogP contribution in [0.3, 0.4) is 0 Å². The van der Waals surface area contributed by atoms with Crippen molar-refractivity contribution in [3.8, 4) is 0 Å². The van der Waals surface area contributed by atoms with E-state index in [1.807, 2.05) is 44.2 Å². The normalized spacial score (nSPS) is 10.8. The van der Waals surface area contributed by atoms with Crippen LogP contribution in [0.4, 0.5) is 10.5 Å². The first-order chi connectivity index (χ1) is 9.56. The van der Waals surface area contributed by atoms with Crippen LogP contribution >= 0.6 is 27.3 Å². The molecule has 4 nitrogen and oxygen atoms in total. The maximum absolute atomic E-state index is 11.8. The third kappa shape index (κ3) is 3.91. The Morgan fingerprint density at radius 3 is 2.55 bits per heavy atom. The molecule has 2 N–H and O–H groups in total. The number of urea groups is 1. The van der Waals surface area contributed by atoms with Crippen LogP contribution in [0, 0.1) is 13.8 Å². The first-order valence-electron chi connectivity index (χ1n) is 5.98. The van der Waals surface area contributed by atoms with Gasteiger partial charge >= 0.3 is 6.03 Å². The van der Waals surface area contributed by atoms with Gasteiger partial charge in [0.05, 0.1) is 10.0 Å². The molecule has 0 unspecified atom stereocenters. The number of carbonyl (C=O) groups excluding carboxylic acids is 1. The van der Waals surface area contributed by atoms with Gasteiger partial charge in [0.2, 0.25) is 0 Å². The number of amides is 2. The number of anilines is 1. The first-order valence-corrected chi connectivity index (χ1v) is 7.59. The molecule has 0 atom stereocenters. The van der Waals surface area contributed by atoms with Gasteiger partial charge in [0.1, 0.15) is 0 Å². The van der Waals surface area contributed by atoms with E-state index in [2.05, 4.69) is 31.8 Å². The first kappa shape index (κ1) is 14.7. The van der Waals surface area contributed by atoms with Crippen molar-refractivity contribution in [1.82, 2.24) is 5.43 Å². The summed E-state index contributed by atoms with van der Waals surface area (Å²) in [6.45, 7) is 3.91. The van der Waals surface area contributed by atoms with E-state index in [1.54, 1.807) is 17.6 Å². The third-order valence-corrected chi connectivity index (χ3v) is 4.23. The molecular weight excluding hydrogens is 338 g/mol. The fraction of sp³-hybridized carbons (Fsp3) is 0.143. The van der Waals surface area contributed by atoms with Gasteiger partial charge in [-0.25, -0.2) is 10.2 Å². The topological polar surface area (TPSA) is 53.5 Å². The standard InChI is InChI=1S/C14H14BrN3OS/c1-9-4-3-5-10(2)13(9)17-14(19)18-16-8-11-6-7-12(15)20-11/h3-8H,1-2H3,(H2,17,18,19)/b16-8+. The van der Waals surface area contributed by atoms with Gasteiger partial charge in [-0.05, 0) is 53.0 Å². The Hall–Kier alpha value is -1.66. The molecule has 0 aliphatic heterocycles. The summed E-state index contributed by atoms with van der Waals surface area (Å²) in [5.74, 6) is 0. The van der Waals surface area contributed by atoms with Crippen molar-refractivity contribution < 1.29 is 4.79 Å². The van der Waals surface area contributed by atoms with Crippen LogP contribution in [0.2, 0.25) is 0 Å². The highest BCUT2D eigenvalue weighted by molar-refractivity contribution is 9.11. The highest BCUT2D eigenvalue weighted by atomic mass is 79.9. The van der Waals surface area contributed by atoms with Crippen molar-refractivity contribution in [3.05, 3.63) is 50.1 Å². The molecule has 0 bridgehead atoms. The van der Waals surface area contributed by atoms with E-state index < -0.39 is 0 Å². The zero-order valence-corrected chi connectivity index (χ0v) is 13.5. The van der Waals surface area contributed by atoms with Gasteiger partial charge < -0.3 is 5.32 Å². The summed E-state index contributed by atoms with van der Waals surface area (Å²) >= 11 is 4.91. The van der Waals surface area contributed by atoms with Crippen LogP contribution in [0.1, 0.15) is 16.0 Å². The van der Waals surface area contributed by atoms with Gasteiger partial charge in [-0.2, -0.15) is 5.10 Å². The van der Waals surface area contributed by atoms with Crippen molar-refractivity contribution >= 4 is 45.2 Å². The van der Waals surface area contributed by atoms with E-state index >= 15 is 0 Å². The molecule has 1 aromatic carbocycles. The van der Waals surface area contributed by atoms with Gasteiger partial charge in [-0.3, -0.25) is 0 Å². The van der Waals surface area contributed by atoms with Gasteiger partial charge in [-0.1, -0.05) is 18.2 Å². The van der Waals surface area contributed by atoms with E-state index in [0.717, 1.165) is 25.5 Å². The third-order valence-electron chi connectivity index (χ3n) is 2.67. The fourth-order valence-corrected chi connectivity index (χ4v) is 3.00. The number of para-hydroxylation sites is 1. The van der Waals surface area contributed by atoms with Crippen LogP contribution in [0.5, 0.6) is 0 Å². The maximum atomic E-state index is 11.8. The van der Waals surface area contributed by atoms with Crippen molar-refractivity contribution in [2.75, 3.05) is 5.32 Å². The van der Waals surface area contributed by atoms with Gasteiger partial charge in [0.15, 0.2) is 0 Å². The number of rotatable bonds is 3. The Morgan fingerprint density at radius 2 is 1.95 bits per heavy atom.